The summed E-state index contributed by atoms with van der Waals surface area (Å²) in [6.07, 6.45) is 2.67. The molecule has 0 heterocycles. The number of carbonyl (C=O) groups is 1. The lowest BCUT2D eigenvalue weighted by molar-refractivity contribution is -0.139. The van der Waals surface area contributed by atoms with E-state index >= 15 is 0 Å². The molecule has 0 aliphatic rings. The number of nitrogens with one attached hydrogen (secondary N) is 2. The third-order valence-corrected chi connectivity index (χ3v) is 2.12. The van der Waals surface area contributed by atoms with Gasteiger partial charge in [-0.15, -0.1) is 0 Å². The van der Waals surface area contributed by atoms with E-state index in [2.05, 4.69) is 24.5 Å². The van der Waals surface area contributed by atoms with Crippen LogP contribution in [0.15, 0.2) is 0 Å². The molecule has 0 saturated carbocycles. The lowest BCUT2D eigenvalue weighted by Crippen LogP contribution is -2.33. The number of hydrogen-bond acceptors (Lipinski definition) is 3. The van der Waals surface area contributed by atoms with E-state index in [1.165, 1.54) is 0 Å². The SMILES string of the molecule is CNC(CCCCNC(C)C)C(=O)O. The topological polar surface area (TPSA) is 61.4 Å². The van der Waals surface area contributed by atoms with Gasteiger partial charge >= 0.3 is 5.97 Å². The second-order valence-corrected chi connectivity index (χ2v) is 3.78. The molecule has 0 spiro atoms. The average molecular weight is 202 g/mol. The highest BCUT2D eigenvalue weighted by Gasteiger charge is 2.13. The molecule has 4 nitrogen and oxygen atoms in total. The summed E-state index contributed by atoms with van der Waals surface area (Å²) in [5.41, 5.74) is 0. The summed E-state index contributed by atoms with van der Waals surface area (Å²) in [5.74, 6) is -0.760. The maximum Gasteiger partial charge on any atom is 0.320 e. The van der Waals surface area contributed by atoms with Crippen LogP contribution in [-0.2, 0) is 4.79 Å². The molecule has 0 radical (unpaired) electrons. The van der Waals surface area contributed by atoms with E-state index in [-0.39, 0.29) is 0 Å². The van der Waals surface area contributed by atoms with Crippen molar-refractivity contribution in [2.75, 3.05) is 13.6 Å². The van der Waals surface area contributed by atoms with Crippen molar-refractivity contribution >= 4 is 5.97 Å². The predicted octanol–water partition coefficient (Wildman–Crippen LogP) is 0.827. The van der Waals surface area contributed by atoms with Gasteiger partial charge in [0.05, 0.1) is 0 Å². The zero-order valence-corrected chi connectivity index (χ0v) is 9.34. The van der Waals surface area contributed by atoms with E-state index in [1.54, 1.807) is 7.05 Å². The van der Waals surface area contributed by atoms with Crippen LogP contribution in [0.25, 0.3) is 0 Å². The summed E-state index contributed by atoms with van der Waals surface area (Å²) in [5, 5.41) is 14.8. The van der Waals surface area contributed by atoms with Gasteiger partial charge in [0.25, 0.3) is 0 Å². The fourth-order valence-corrected chi connectivity index (χ4v) is 1.26. The smallest absolute Gasteiger partial charge is 0.320 e. The van der Waals surface area contributed by atoms with E-state index in [0.717, 1.165) is 19.4 Å². The third-order valence-electron chi connectivity index (χ3n) is 2.12. The average Bonchev–Trinajstić information content (AvgIpc) is 2.10. The van der Waals surface area contributed by atoms with Crippen LogP contribution in [0.1, 0.15) is 33.1 Å². The molecule has 0 saturated heterocycles. The van der Waals surface area contributed by atoms with Crippen molar-refractivity contribution in [3.8, 4) is 0 Å². The van der Waals surface area contributed by atoms with Crippen molar-refractivity contribution in [1.29, 1.82) is 0 Å². The molecular formula is C10H22N2O2. The second-order valence-electron chi connectivity index (χ2n) is 3.78. The van der Waals surface area contributed by atoms with Crippen LogP contribution in [0.2, 0.25) is 0 Å². The molecule has 84 valence electrons. The molecule has 0 aromatic carbocycles. The quantitative estimate of drug-likeness (QED) is 0.510. The highest BCUT2D eigenvalue weighted by Crippen LogP contribution is 2.00. The normalized spacial score (nSPS) is 13.1. The number of carboxylic acids is 1. The van der Waals surface area contributed by atoms with Gasteiger partial charge in [-0.3, -0.25) is 4.79 Å². The molecule has 14 heavy (non-hydrogen) atoms. The van der Waals surface area contributed by atoms with E-state index in [1.807, 2.05) is 0 Å². The first-order valence-electron chi connectivity index (χ1n) is 5.21. The molecule has 3 N–H and O–H groups in total. The number of unbranched alkanes of at least 4 members (excludes halogenated alkanes) is 1. The molecule has 0 aromatic rings. The second kappa shape index (κ2) is 7.76. The Kier molecular flexibility index (Phi) is 7.42. The van der Waals surface area contributed by atoms with Crippen LogP contribution in [0.4, 0.5) is 0 Å². The highest BCUT2D eigenvalue weighted by atomic mass is 16.4. The van der Waals surface area contributed by atoms with Gasteiger partial charge in [-0.1, -0.05) is 20.3 Å². The van der Waals surface area contributed by atoms with Crippen LogP contribution in [0, 0.1) is 0 Å². The number of rotatable bonds is 8. The van der Waals surface area contributed by atoms with Crippen molar-refractivity contribution in [2.45, 2.75) is 45.2 Å². The number of hydrogen-bond donors (Lipinski definition) is 3. The molecule has 0 bridgehead atoms. The minimum atomic E-state index is -0.760. The van der Waals surface area contributed by atoms with E-state index in [0.29, 0.717) is 12.5 Å². The molecule has 0 amide bonds. The Balaban J connectivity index is 3.38. The Hall–Kier alpha value is -0.610. The van der Waals surface area contributed by atoms with Gasteiger partial charge in [-0.05, 0) is 26.4 Å². The monoisotopic (exact) mass is 202 g/mol. The van der Waals surface area contributed by atoms with E-state index in [4.69, 9.17) is 5.11 Å². The first kappa shape index (κ1) is 13.4. The molecule has 4 heteroatoms. The fraction of sp³-hybridized carbons (Fsp3) is 0.900. The Morgan fingerprint density at radius 2 is 2.00 bits per heavy atom. The van der Waals surface area contributed by atoms with Crippen LogP contribution in [-0.4, -0.2) is 36.8 Å². The molecule has 1 atom stereocenters. The summed E-state index contributed by atoms with van der Waals surface area (Å²) < 4.78 is 0. The van der Waals surface area contributed by atoms with E-state index < -0.39 is 12.0 Å². The van der Waals surface area contributed by atoms with Crippen LogP contribution in [0.5, 0.6) is 0 Å². The first-order valence-corrected chi connectivity index (χ1v) is 5.21. The van der Waals surface area contributed by atoms with Crippen molar-refractivity contribution in [1.82, 2.24) is 10.6 Å². The van der Waals surface area contributed by atoms with Crippen LogP contribution in [0.3, 0.4) is 0 Å². The summed E-state index contributed by atoms with van der Waals surface area (Å²) in [6, 6.07) is 0.114. The van der Waals surface area contributed by atoms with Crippen molar-refractivity contribution in [2.24, 2.45) is 0 Å². The summed E-state index contributed by atoms with van der Waals surface area (Å²) in [7, 11) is 1.69. The minimum Gasteiger partial charge on any atom is -0.480 e. The predicted molar refractivity (Wildman–Crippen MR) is 57.5 cm³/mol. The van der Waals surface area contributed by atoms with Gasteiger partial charge < -0.3 is 15.7 Å². The number of carboxylic acid groups (broad SMARTS) is 1. The zero-order valence-electron chi connectivity index (χ0n) is 9.34. The van der Waals surface area contributed by atoms with Gasteiger partial charge in [0.2, 0.25) is 0 Å². The zero-order chi connectivity index (χ0) is 11.0. The molecule has 0 aliphatic carbocycles. The van der Waals surface area contributed by atoms with Gasteiger partial charge in [-0.25, -0.2) is 0 Å². The van der Waals surface area contributed by atoms with Crippen molar-refractivity contribution in [3.63, 3.8) is 0 Å². The number of aliphatic carboxylic acids is 1. The van der Waals surface area contributed by atoms with Gasteiger partial charge in [0.1, 0.15) is 6.04 Å². The molecule has 1 unspecified atom stereocenters. The van der Waals surface area contributed by atoms with Crippen LogP contribution < -0.4 is 10.6 Å². The maximum absolute atomic E-state index is 10.6. The van der Waals surface area contributed by atoms with Gasteiger partial charge in [0, 0.05) is 6.04 Å². The minimum absolute atomic E-state index is 0.394. The third kappa shape index (κ3) is 6.86. The van der Waals surface area contributed by atoms with Gasteiger partial charge in [0.15, 0.2) is 0 Å². The van der Waals surface area contributed by atoms with Crippen LogP contribution >= 0.6 is 0 Å². The standard InChI is InChI=1S/C10H22N2O2/c1-8(2)12-7-5-4-6-9(11-3)10(13)14/h8-9,11-12H,4-7H2,1-3H3,(H,13,14). The lowest BCUT2D eigenvalue weighted by atomic mass is 10.1. The first-order chi connectivity index (χ1) is 6.57. The summed E-state index contributed by atoms with van der Waals surface area (Å²) in [4.78, 5) is 10.6. The molecule has 0 fully saturated rings. The Morgan fingerprint density at radius 3 is 2.43 bits per heavy atom. The molecular weight excluding hydrogens is 180 g/mol. The van der Waals surface area contributed by atoms with E-state index in [9.17, 15) is 4.79 Å². The number of likely N-dealkylation sites (N-methyl/N-ethyl adjacent to an activating group) is 1. The lowest BCUT2D eigenvalue weighted by Gasteiger charge is -2.11. The Labute approximate surface area is 86.1 Å². The molecule has 0 aromatic heterocycles. The Morgan fingerprint density at radius 1 is 1.36 bits per heavy atom. The van der Waals surface area contributed by atoms with Crippen molar-refractivity contribution in [3.05, 3.63) is 0 Å². The summed E-state index contributed by atoms with van der Waals surface area (Å²) in [6.45, 7) is 5.18. The largest absolute Gasteiger partial charge is 0.480 e. The molecule has 0 aliphatic heterocycles. The van der Waals surface area contributed by atoms with Gasteiger partial charge in [-0.2, -0.15) is 0 Å². The fourth-order valence-electron chi connectivity index (χ4n) is 1.26. The maximum atomic E-state index is 10.6. The van der Waals surface area contributed by atoms with Crippen molar-refractivity contribution < 1.29 is 9.90 Å². The Bertz CT molecular complexity index is 160. The molecule has 0 rings (SSSR count). The highest BCUT2D eigenvalue weighted by molar-refractivity contribution is 5.73. The summed E-state index contributed by atoms with van der Waals surface area (Å²) >= 11 is 0.